The van der Waals surface area contributed by atoms with Crippen molar-refractivity contribution in [1.29, 1.82) is 0 Å². The van der Waals surface area contributed by atoms with Crippen molar-refractivity contribution in [3.05, 3.63) is 18.7 Å². The standard InChI is InChI=1S/C6H11N2.C2H2O4.C2H4O2/c1-3-8-5-4-7(2)6-8;3-1(4)2(5)6;1-2(3)4/h4-6H,3H2,1-2H3;(H,3,4)(H,5,6);1H3,(H,3,4)/q+1;;/p-1. The van der Waals surface area contributed by atoms with Crippen molar-refractivity contribution in [2.45, 2.75) is 20.4 Å². The van der Waals surface area contributed by atoms with Gasteiger partial charge >= 0.3 is 11.9 Å². The quantitative estimate of drug-likeness (QED) is 0.455. The molecule has 0 aromatic carbocycles. The fourth-order valence-electron chi connectivity index (χ4n) is 0.689. The molecule has 0 aliphatic heterocycles. The van der Waals surface area contributed by atoms with Crippen molar-refractivity contribution < 1.29 is 34.3 Å². The summed E-state index contributed by atoms with van der Waals surface area (Å²) < 4.78 is 4.16. The number of aliphatic carboxylic acids is 3. The zero-order chi connectivity index (χ0) is 14.7. The summed E-state index contributed by atoms with van der Waals surface area (Å²) in [6.45, 7) is 4.15. The first-order valence-corrected chi connectivity index (χ1v) is 4.85. The van der Waals surface area contributed by atoms with Gasteiger partial charge in [0.05, 0.1) is 13.6 Å². The normalized spacial score (nSPS) is 8.17. The Balaban J connectivity index is 0. The van der Waals surface area contributed by atoms with Gasteiger partial charge in [0.25, 0.3) is 0 Å². The smallest absolute Gasteiger partial charge is 0.414 e. The van der Waals surface area contributed by atoms with Crippen molar-refractivity contribution in [3.8, 4) is 0 Å². The Labute approximate surface area is 104 Å². The van der Waals surface area contributed by atoms with E-state index in [1.54, 1.807) is 0 Å². The third-order valence-corrected chi connectivity index (χ3v) is 1.37. The van der Waals surface area contributed by atoms with Crippen molar-refractivity contribution in [1.82, 2.24) is 4.57 Å². The van der Waals surface area contributed by atoms with Crippen LogP contribution in [-0.4, -0.2) is 32.7 Å². The van der Waals surface area contributed by atoms with E-state index in [0.717, 1.165) is 13.5 Å². The second-order valence-electron chi connectivity index (χ2n) is 3.01. The Morgan fingerprint density at radius 3 is 1.78 bits per heavy atom. The maximum Gasteiger partial charge on any atom is 0.414 e. The highest BCUT2D eigenvalue weighted by Gasteiger charge is 2.04. The van der Waals surface area contributed by atoms with E-state index in [-0.39, 0.29) is 0 Å². The van der Waals surface area contributed by atoms with Crippen molar-refractivity contribution in [2.75, 3.05) is 0 Å². The van der Waals surface area contributed by atoms with Crippen LogP contribution >= 0.6 is 0 Å². The van der Waals surface area contributed by atoms with Gasteiger partial charge in [-0.3, -0.25) is 0 Å². The van der Waals surface area contributed by atoms with Crippen LogP contribution in [-0.2, 0) is 28.0 Å². The van der Waals surface area contributed by atoms with E-state index in [1.807, 2.05) is 17.8 Å². The molecule has 0 bridgehead atoms. The maximum atomic E-state index is 9.10. The Bertz CT molecular complexity index is 383. The molecule has 0 amide bonds. The van der Waals surface area contributed by atoms with Gasteiger partial charge in [0.1, 0.15) is 12.4 Å². The highest BCUT2D eigenvalue weighted by molar-refractivity contribution is 6.27. The lowest BCUT2D eigenvalue weighted by Gasteiger charge is -1.81. The number of aryl methyl sites for hydroxylation is 2. The number of carbonyl (C=O) groups excluding carboxylic acids is 1. The first-order chi connectivity index (χ1) is 8.20. The van der Waals surface area contributed by atoms with Crippen LogP contribution in [0.2, 0.25) is 0 Å². The molecule has 1 aromatic heterocycles. The highest BCUT2D eigenvalue weighted by atomic mass is 16.4. The third-order valence-electron chi connectivity index (χ3n) is 1.37. The summed E-state index contributed by atoms with van der Waals surface area (Å²) in [4.78, 5) is 27.1. The number of hydrogen-bond acceptors (Lipinski definition) is 4. The van der Waals surface area contributed by atoms with Crippen LogP contribution in [0.25, 0.3) is 0 Å². The molecule has 0 fully saturated rings. The summed E-state index contributed by atoms with van der Waals surface area (Å²) in [7, 11) is 2.02. The molecule has 0 radical (unpaired) electrons. The predicted molar refractivity (Wildman–Crippen MR) is 57.2 cm³/mol. The van der Waals surface area contributed by atoms with Crippen LogP contribution in [0.15, 0.2) is 18.7 Å². The lowest BCUT2D eigenvalue weighted by atomic mass is 10.7. The average Bonchev–Trinajstić information content (AvgIpc) is 2.64. The van der Waals surface area contributed by atoms with E-state index in [2.05, 4.69) is 24.0 Å². The molecule has 102 valence electrons. The van der Waals surface area contributed by atoms with E-state index >= 15 is 0 Å². The molecule has 0 saturated carbocycles. The lowest BCUT2D eigenvalue weighted by Crippen LogP contribution is -2.28. The Morgan fingerprint density at radius 2 is 1.67 bits per heavy atom. The van der Waals surface area contributed by atoms with Gasteiger partial charge in [-0.2, -0.15) is 0 Å². The number of aromatic nitrogens is 2. The molecule has 1 heterocycles. The van der Waals surface area contributed by atoms with Gasteiger partial charge in [-0.15, -0.1) is 0 Å². The number of nitrogens with zero attached hydrogens (tertiary/aromatic N) is 2. The summed E-state index contributed by atoms with van der Waals surface area (Å²) >= 11 is 0. The molecule has 1 aromatic rings. The molecule has 8 nitrogen and oxygen atoms in total. The molecule has 0 atom stereocenters. The fraction of sp³-hybridized carbons (Fsp3) is 0.400. The summed E-state index contributed by atoms with van der Waals surface area (Å²) in [5.41, 5.74) is 0. The number of hydrogen-bond donors (Lipinski definition) is 2. The minimum Gasteiger partial charge on any atom is -0.550 e. The second kappa shape index (κ2) is 9.82. The van der Waals surface area contributed by atoms with Gasteiger partial charge in [0.15, 0.2) is 0 Å². The molecule has 8 heteroatoms. The zero-order valence-corrected chi connectivity index (χ0v) is 10.4. The van der Waals surface area contributed by atoms with E-state index in [0.29, 0.717) is 0 Å². The summed E-state index contributed by atoms with van der Waals surface area (Å²) in [5, 5.41) is 23.7. The van der Waals surface area contributed by atoms with Crippen LogP contribution in [0.4, 0.5) is 0 Å². The third kappa shape index (κ3) is 13.6. The minimum atomic E-state index is -1.82. The van der Waals surface area contributed by atoms with Gasteiger partial charge < -0.3 is 20.1 Å². The molecule has 2 N–H and O–H groups in total. The monoisotopic (exact) mass is 260 g/mol. The topological polar surface area (TPSA) is 124 Å². The largest absolute Gasteiger partial charge is 0.550 e. The zero-order valence-electron chi connectivity index (χ0n) is 10.4. The van der Waals surface area contributed by atoms with E-state index in [4.69, 9.17) is 29.7 Å². The molecule has 0 saturated heterocycles. The number of rotatable bonds is 1. The Kier molecular flexibility index (Phi) is 9.82. The van der Waals surface area contributed by atoms with E-state index in [9.17, 15) is 0 Å². The molecular weight excluding hydrogens is 244 g/mol. The van der Waals surface area contributed by atoms with Crippen LogP contribution in [0.1, 0.15) is 13.8 Å². The highest BCUT2D eigenvalue weighted by Crippen LogP contribution is 1.74. The van der Waals surface area contributed by atoms with Gasteiger partial charge in [-0.1, -0.05) is 0 Å². The summed E-state index contributed by atoms with van der Waals surface area (Å²) in [5.74, 6) is -4.73. The van der Waals surface area contributed by atoms with E-state index in [1.165, 1.54) is 0 Å². The number of carbonyl (C=O) groups is 3. The van der Waals surface area contributed by atoms with Gasteiger partial charge in [0, 0.05) is 5.97 Å². The molecule has 18 heavy (non-hydrogen) atoms. The first-order valence-electron chi connectivity index (χ1n) is 4.85. The van der Waals surface area contributed by atoms with Crippen molar-refractivity contribution in [2.24, 2.45) is 7.05 Å². The second-order valence-corrected chi connectivity index (χ2v) is 3.01. The van der Waals surface area contributed by atoms with Crippen molar-refractivity contribution >= 4 is 17.9 Å². The van der Waals surface area contributed by atoms with Crippen LogP contribution in [0, 0.1) is 0 Å². The molecule has 0 spiro atoms. The molecule has 1 rings (SSSR count). The van der Waals surface area contributed by atoms with Crippen LogP contribution in [0.5, 0.6) is 0 Å². The average molecular weight is 260 g/mol. The first kappa shape index (κ1) is 18.0. The molecule has 0 aliphatic rings. The number of imidazole rings is 1. The maximum absolute atomic E-state index is 9.10. The fourth-order valence-corrected chi connectivity index (χ4v) is 0.689. The van der Waals surface area contributed by atoms with Gasteiger partial charge in [0.2, 0.25) is 6.33 Å². The van der Waals surface area contributed by atoms with Gasteiger partial charge in [-0.05, 0) is 13.8 Å². The molecule has 0 aliphatic carbocycles. The van der Waals surface area contributed by atoms with E-state index < -0.39 is 17.9 Å². The number of carboxylic acids is 3. The van der Waals surface area contributed by atoms with Crippen LogP contribution < -0.4 is 9.67 Å². The van der Waals surface area contributed by atoms with Gasteiger partial charge in [-0.25, -0.2) is 18.7 Å². The number of carboxylic acid groups (broad SMARTS) is 3. The minimum absolute atomic E-state index is 0.972. The molecule has 0 unspecified atom stereocenters. The SMILES string of the molecule is CC(=O)[O-].CC[n+]1ccn(C)c1.O=C(O)C(=O)O. The molecular formula is C10H16N2O6. The van der Waals surface area contributed by atoms with Crippen molar-refractivity contribution in [3.63, 3.8) is 0 Å². The summed E-state index contributed by atoms with van der Waals surface area (Å²) in [6, 6.07) is 0. The lowest BCUT2D eigenvalue weighted by molar-refractivity contribution is -0.693. The van der Waals surface area contributed by atoms with Crippen LogP contribution in [0.3, 0.4) is 0 Å². The predicted octanol–water partition coefficient (Wildman–Crippen LogP) is -1.76. The Hall–Kier alpha value is -2.38. The Morgan fingerprint density at radius 1 is 1.28 bits per heavy atom. The summed E-state index contributed by atoms with van der Waals surface area (Å²) in [6.07, 6.45) is 6.14.